The molecule has 0 aliphatic heterocycles. The molecule has 2 heterocycles. The van der Waals surface area contributed by atoms with Gasteiger partial charge in [0.2, 0.25) is 5.91 Å². The Hall–Kier alpha value is -2.89. The third kappa shape index (κ3) is 2.88. The molecule has 0 spiro atoms. The van der Waals surface area contributed by atoms with E-state index in [-0.39, 0.29) is 18.0 Å². The van der Waals surface area contributed by atoms with E-state index < -0.39 is 0 Å². The number of nitrogens with zero attached hydrogens (tertiary/aromatic N) is 2. The van der Waals surface area contributed by atoms with Crippen molar-refractivity contribution in [1.82, 2.24) is 9.55 Å². The molecule has 1 aliphatic carbocycles. The average Bonchev–Trinajstić information content (AvgIpc) is 3.29. The zero-order chi connectivity index (χ0) is 15.8. The highest BCUT2D eigenvalue weighted by Crippen LogP contribution is 2.40. The molecular formula is C17H15N3O3. The van der Waals surface area contributed by atoms with Crippen molar-refractivity contribution in [1.29, 1.82) is 0 Å². The Morgan fingerprint density at radius 2 is 2.17 bits per heavy atom. The number of carbonyl (C=O) groups is 1. The molecule has 6 nitrogen and oxygen atoms in total. The number of oxazole rings is 1. The topological polar surface area (TPSA) is 77.1 Å². The highest BCUT2D eigenvalue weighted by Gasteiger charge is 2.28. The van der Waals surface area contributed by atoms with Crippen molar-refractivity contribution in [3.8, 4) is 0 Å². The lowest BCUT2D eigenvalue weighted by Crippen LogP contribution is -2.26. The second-order valence-electron chi connectivity index (χ2n) is 5.72. The first-order valence-electron chi connectivity index (χ1n) is 7.55. The minimum absolute atomic E-state index is 0.0240. The SMILES string of the molecule is O=C(Cn1ccccc1=O)Nc1ccc2oc(C3CC3)nc2c1. The second kappa shape index (κ2) is 5.39. The molecule has 1 aromatic carbocycles. The Balaban J connectivity index is 1.51. The van der Waals surface area contributed by atoms with Crippen LogP contribution in [0.5, 0.6) is 0 Å². The Morgan fingerprint density at radius 3 is 2.96 bits per heavy atom. The van der Waals surface area contributed by atoms with Gasteiger partial charge in [0.1, 0.15) is 12.1 Å². The summed E-state index contributed by atoms with van der Waals surface area (Å²) in [6.45, 7) is -0.0240. The van der Waals surface area contributed by atoms with Crippen molar-refractivity contribution < 1.29 is 9.21 Å². The van der Waals surface area contributed by atoms with Gasteiger partial charge in [-0.05, 0) is 37.1 Å². The van der Waals surface area contributed by atoms with Crippen LogP contribution in [0.2, 0.25) is 0 Å². The normalized spacial score (nSPS) is 14.1. The molecule has 1 fully saturated rings. The molecule has 1 aliphatic rings. The molecule has 6 heteroatoms. The van der Waals surface area contributed by atoms with Crippen LogP contribution < -0.4 is 10.9 Å². The van der Waals surface area contributed by atoms with Crippen LogP contribution in [-0.2, 0) is 11.3 Å². The summed E-state index contributed by atoms with van der Waals surface area (Å²) < 4.78 is 7.05. The van der Waals surface area contributed by atoms with Crippen molar-refractivity contribution >= 4 is 22.7 Å². The number of carbonyl (C=O) groups excluding carboxylic acids is 1. The van der Waals surface area contributed by atoms with Crippen molar-refractivity contribution in [3.05, 3.63) is 58.8 Å². The number of amides is 1. The smallest absolute Gasteiger partial charge is 0.250 e. The van der Waals surface area contributed by atoms with Gasteiger partial charge in [0, 0.05) is 23.9 Å². The van der Waals surface area contributed by atoms with Crippen LogP contribution in [0.15, 0.2) is 51.8 Å². The summed E-state index contributed by atoms with van der Waals surface area (Å²) in [5.41, 5.74) is 1.90. The third-order valence-corrected chi connectivity index (χ3v) is 3.83. The Kier molecular flexibility index (Phi) is 3.22. The molecule has 0 unspecified atom stereocenters. The molecule has 23 heavy (non-hydrogen) atoms. The van der Waals surface area contributed by atoms with Crippen LogP contribution in [0, 0.1) is 0 Å². The van der Waals surface area contributed by atoms with Gasteiger partial charge >= 0.3 is 0 Å². The lowest BCUT2D eigenvalue weighted by atomic mass is 10.3. The summed E-state index contributed by atoms with van der Waals surface area (Å²) in [5.74, 6) is 0.966. The number of aromatic nitrogens is 2. The van der Waals surface area contributed by atoms with E-state index in [9.17, 15) is 9.59 Å². The van der Waals surface area contributed by atoms with Crippen molar-refractivity contribution in [2.75, 3.05) is 5.32 Å². The van der Waals surface area contributed by atoms with Crippen molar-refractivity contribution in [2.24, 2.45) is 0 Å². The molecule has 0 radical (unpaired) electrons. The van der Waals surface area contributed by atoms with Gasteiger partial charge in [-0.3, -0.25) is 9.59 Å². The summed E-state index contributed by atoms with van der Waals surface area (Å²) in [7, 11) is 0. The number of hydrogen-bond donors (Lipinski definition) is 1. The van der Waals surface area contributed by atoms with Gasteiger partial charge in [-0.1, -0.05) is 6.07 Å². The molecule has 0 bridgehead atoms. The van der Waals surface area contributed by atoms with Gasteiger partial charge in [0.25, 0.3) is 5.56 Å². The van der Waals surface area contributed by atoms with E-state index in [4.69, 9.17) is 4.42 Å². The van der Waals surface area contributed by atoms with Crippen LogP contribution in [-0.4, -0.2) is 15.5 Å². The molecule has 1 saturated carbocycles. The van der Waals surface area contributed by atoms with E-state index in [0.717, 1.165) is 29.8 Å². The fraction of sp³-hybridized carbons (Fsp3) is 0.235. The molecule has 1 N–H and O–H groups in total. The summed E-state index contributed by atoms with van der Waals surface area (Å²) in [5, 5.41) is 2.78. The van der Waals surface area contributed by atoms with Crippen LogP contribution in [0.4, 0.5) is 5.69 Å². The molecule has 0 saturated heterocycles. The number of fused-ring (bicyclic) bond motifs is 1. The van der Waals surface area contributed by atoms with Crippen LogP contribution in [0.1, 0.15) is 24.7 Å². The Bertz CT molecular complexity index is 937. The van der Waals surface area contributed by atoms with Crippen molar-refractivity contribution in [2.45, 2.75) is 25.3 Å². The predicted molar refractivity (Wildman–Crippen MR) is 85.3 cm³/mol. The van der Waals surface area contributed by atoms with E-state index in [1.165, 1.54) is 10.6 Å². The van der Waals surface area contributed by atoms with Gasteiger partial charge in [0.15, 0.2) is 11.5 Å². The second-order valence-corrected chi connectivity index (χ2v) is 5.72. The van der Waals surface area contributed by atoms with Crippen LogP contribution >= 0.6 is 0 Å². The molecule has 0 atom stereocenters. The van der Waals surface area contributed by atoms with E-state index in [1.54, 1.807) is 36.5 Å². The number of nitrogens with one attached hydrogen (secondary N) is 1. The summed E-state index contributed by atoms with van der Waals surface area (Å²) in [6.07, 6.45) is 3.84. The van der Waals surface area contributed by atoms with Crippen molar-refractivity contribution in [3.63, 3.8) is 0 Å². The lowest BCUT2D eigenvalue weighted by Gasteiger charge is -2.06. The third-order valence-electron chi connectivity index (χ3n) is 3.83. The van der Waals surface area contributed by atoms with Gasteiger partial charge in [-0.2, -0.15) is 0 Å². The molecule has 1 amide bonds. The first kappa shape index (κ1) is 13.8. The molecular weight excluding hydrogens is 294 g/mol. The van der Waals surface area contributed by atoms with E-state index >= 15 is 0 Å². The number of anilines is 1. The van der Waals surface area contributed by atoms with Gasteiger partial charge < -0.3 is 14.3 Å². The lowest BCUT2D eigenvalue weighted by molar-refractivity contribution is -0.116. The summed E-state index contributed by atoms with van der Waals surface area (Å²) in [6, 6.07) is 10.2. The number of benzene rings is 1. The minimum Gasteiger partial charge on any atom is -0.440 e. The number of hydrogen-bond acceptors (Lipinski definition) is 4. The van der Waals surface area contributed by atoms with Gasteiger partial charge in [-0.25, -0.2) is 4.98 Å². The standard InChI is InChI=1S/C17H15N3O3/c21-15(10-20-8-2-1-3-16(20)22)18-12-6-7-14-13(9-12)19-17(23-14)11-4-5-11/h1-3,6-9,11H,4-5,10H2,(H,18,21). The predicted octanol–water partition coefficient (Wildman–Crippen LogP) is 2.51. The number of pyridine rings is 1. The monoisotopic (exact) mass is 309 g/mol. The van der Waals surface area contributed by atoms with E-state index in [0.29, 0.717) is 11.6 Å². The fourth-order valence-corrected chi connectivity index (χ4v) is 2.47. The molecule has 3 aromatic rings. The molecule has 2 aromatic heterocycles. The maximum absolute atomic E-state index is 12.1. The fourth-order valence-electron chi connectivity index (χ4n) is 2.47. The average molecular weight is 309 g/mol. The van der Waals surface area contributed by atoms with Crippen LogP contribution in [0.3, 0.4) is 0 Å². The summed E-state index contributed by atoms with van der Waals surface area (Å²) >= 11 is 0. The maximum atomic E-state index is 12.1. The molecule has 116 valence electrons. The van der Waals surface area contributed by atoms with Gasteiger partial charge in [0.05, 0.1) is 0 Å². The van der Waals surface area contributed by atoms with E-state index in [2.05, 4.69) is 10.3 Å². The highest BCUT2D eigenvalue weighted by molar-refractivity contribution is 5.92. The molecule has 4 rings (SSSR count). The van der Waals surface area contributed by atoms with Gasteiger partial charge in [-0.15, -0.1) is 0 Å². The largest absolute Gasteiger partial charge is 0.440 e. The summed E-state index contributed by atoms with van der Waals surface area (Å²) in [4.78, 5) is 28.2. The first-order valence-corrected chi connectivity index (χ1v) is 7.55. The zero-order valence-electron chi connectivity index (χ0n) is 12.4. The van der Waals surface area contributed by atoms with E-state index in [1.807, 2.05) is 0 Å². The van der Waals surface area contributed by atoms with Crippen LogP contribution in [0.25, 0.3) is 11.1 Å². The highest BCUT2D eigenvalue weighted by atomic mass is 16.3. The Morgan fingerprint density at radius 1 is 1.30 bits per heavy atom. The Labute approximate surface area is 131 Å². The quantitative estimate of drug-likeness (QED) is 0.803. The minimum atomic E-state index is -0.261. The number of rotatable bonds is 4. The maximum Gasteiger partial charge on any atom is 0.250 e. The zero-order valence-corrected chi connectivity index (χ0v) is 12.4. The first-order chi connectivity index (χ1) is 11.2.